The first kappa shape index (κ1) is 16.4. The second-order valence-corrected chi connectivity index (χ2v) is 6.93. The Bertz CT molecular complexity index is 587. The summed E-state index contributed by atoms with van der Waals surface area (Å²) in [4.78, 5) is 0. The van der Waals surface area contributed by atoms with Crippen molar-refractivity contribution in [1.82, 2.24) is 0 Å². The van der Waals surface area contributed by atoms with Gasteiger partial charge in [-0.3, -0.25) is 0 Å². The van der Waals surface area contributed by atoms with Crippen LogP contribution in [0.4, 0.5) is 15.8 Å². The smallest absolute Gasteiger partial charge is 0.213 e. The number of hydrogen-bond acceptors (Lipinski definition) is 2. The highest BCUT2D eigenvalue weighted by Gasteiger charge is 2.19. The SMILES string of the molecule is Fc1ccc(COCC(Cl)(Cl)Cl)cc1Nc1ccccc1. The van der Waals surface area contributed by atoms with Crippen molar-refractivity contribution in [2.45, 2.75) is 10.4 Å². The Morgan fingerprint density at radius 1 is 1.05 bits per heavy atom. The minimum Gasteiger partial charge on any atom is -0.372 e. The predicted octanol–water partition coefficient (Wildman–Crippen LogP) is 5.46. The number of rotatable bonds is 5. The maximum atomic E-state index is 13.8. The summed E-state index contributed by atoms with van der Waals surface area (Å²) < 4.78 is 17.6. The van der Waals surface area contributed by atoms with Crippen LogP contribution in [0.3, 0.4) is 0 Å². The monoisotopic (exact) mass is 347 g/mol. The van der Waals surface area contributed by atoms with Crippen LogP contribution >= 0.6 is 34.8 Å². The summed E-state index contributed by atoms with van der Waals surface area (Å²) in [5.74, 6) is -0.344. The van der Waals surface area contributed by atoms with E-state index in [2.05, 4.69) is 5.32 Å². The van der Waals surface area contributed by atoms with Crippen molar-refractivity contribution < 1.29 is 9.13 Å². The molecule has 0 aliphatic heterocycles. The summed E-state index contributed by atoms with van der Waals surface area (Å²) >= 11 is 16.8. The highest BCUT2D eigenvalue weighted by molar-refractivity contribution is 6.67. The Kier molecular flexibility index (Phi) is 5.71. The highest BCUT2D eigenvalue weighted by Crippen LogP contribution is 2.27. The van der Waals surface area contributed by atoms with Crippen molar-refractivity contribution in [3.8, 4) is 0 Å². The minimum absolute atomic E-state index is 0.0313. The number of para-hydroxylation sites is 1. The standard InChI is InChI=1S/C15H13Cl3FNO/c16-15(17,18)10-21-9-11-6-7-13(19)14(8-11)20-12-4-2-1-3-5-12/h1-8,20H,9-10H2. The van der Waals surface area contributed by atoms with E-state index in [4.69, 9.17) is 39.5 Å². The number of nitrogens with one attached hydrogen (secondary N) is 1. The topological polar surface area (TPSA) is 21.3 Å². The van der Waals surface area contributed by atoms with Gasteiger partial charge in [-0.2, -0.15) is 0 Å². The van der Waals surface area contributed by atoms with E-state index in [0.717, 1.165) is 11.3 Å². The van der Waals surface area contributed by atoms with Crippen LogP contribution in [0.5, 0.6) is 0 Å². The van der Waals surface area contributed by atoms with Gasteiger partial charge in [0.05, 0.1) is 18.9 Å². The van der Waals surface area contributed by atoms with Crippen LogP contribution in [0.1, 0.15) is 5.56 Å². The quantitative estimate of drug-likeness (QED) is 0.725. The van der Waals surface area contributed by atoms with Gasteiger partial charge in [-0.1, -0.05) is 59.1 Å². The minimum atomic E-state index is -1.45. The van der Waals surface area contributed by atoms with Crippen LogP contribution in [0.2, 0.25) is 0 Å². The lowest BCUT2D eigenvalue weighted by Crippen LogP contribution is -2.12. The summed E-state index contributed by atoms with van der Waals surface area (Å²) in [5, 5.41) is 3.01. The second-order valence-electron chi connectivity index (χ2n) is 4.41. The van der Waals surface area contributed by atoms with Crippen LogP contribution in [0.25, 0.3) is 0 Å². The number of benzene rings is 2. The van der Waals surface area contributed by atoms with Crippen molar-refractivity contribution in [1.29, 1.82) is 0 Å². The number of alkyl halides is 3. The Labute approximate surface area is 137 Å². The molecule has 0 amide bonds. The van der Waals surface area contributed by atoms with Crippen LogP contribution in [-0.2, 0) is 11.3 Å². The molecule has 112 valence electrons. The van der Waals surface area contributed by atoms with E-state index in [1.54, 1.807) is 12.1 Å². The molecular weight excluding hydrogens is 336 g/mol. The zero-order valence-corrected chi connectivity index (χ0v) is 13.2. The molecule has 0 aliphatic rings. The van der Waals surface area contributed by atoms with Gasteiger partial charge in [0.25, 0.3) is 0 Å². The fourth-order valence-electron chi connectivity index (χ4n) is 1.72. The molecule has 0 saturated heterocycles. The summed E-state index contributed by atoms with van der Waals surface area (Å²) in [7, 11) is 0. The van der Waals surface area contributed by atoms with Gasteiger partial charge in [0.1, 0.15) is 5.82 Å². The molecule has 2 aromatic rings. The highest BCUT2D eigenvalue weighted by atomic mass is 35.6. The van der Waals surface area contributed by atoms with Crippen LogP contribution in [0, 0.1) is 5.82 Å². The maximum Gasteiger partial charge on any atom is 0.213 e. The normalized spacial score (nSPS) is 11.4. The van der Waals surface area contributed by atoms with Crippen LogP contribution < -0.4 is 5.32 Å². The summed E-state index contributed by atoms with van der Waals surface area (Å²) in [6.45, 7) is 0.203. The van der Waals surface area contributed by atoms with Gasteiger partial charge in [-0.25, -0.2) is 4.39 Å². The van der Waals surface area contributed by atoms with Gasteiger partial charge < -0.3 is 10.1 Å². The lowest BCUT2D eigenvalue weighted by Gasteiger charge is -2.13. The molecule has 6 heteroatoms. The molecule has 0 aromatic heterocycles. The van der Waals surface area contributed by atoms with E-state index >= 15 is 0 Å². The Hall–Kier alpha value is -1.00. The third kappa shape index (κ3) is 5.71. The first-order valence-corrected chi connectivity index (χ1v) is 7.32. The second kappa shape index (κ2) is 7.32. The van der Waals surface area contributed by atoms with Crippen molar-refractivity contribution in [3.05, 3.63) is 59.9 Å². The van der Waals surface area contributed by atoms with Gasteiger partial charge in [0, 0.05) is 5.69 Å². The van der Waals surface area contributed by atoms with E-state index in [-0.39, 0.29) is 19.0 Å². The molecule has 0 aliphatic carbocycles. The van der Waals surface area contributed by atoms with Crippen LogP contribution in [0.15, 0.2) is 48.5 Å². The fourth-order valence-corrected chi connectivity index (χ4v) is 1.95. The van der Waals surface area contributed by atoms with E-state index < -0.39 is 3.79 Å². The number of anilines is 2. The molecule has 0 radical (unpaired) electrons. The molecule has 0 fully saturated rings. The van der Waals surface area contributed by atoms with E-state index in [0.29, 0.717) is 5.69 Å². The summed E-state index contributed by atoms with van der Waals surface area (Å²) in [6, 6.07) is 14.0. The molecule has 2 rings (SSSR count). The molecule has 0 heterocycles. The molecule has 0 atom stereocenters. The number of hydrogen-bond donors (Lipinski definition) is 1. The average molecular weight is 349 g/mol. The molecular formula is C15H13Cl3FNO. The molecule has 2 nitrogen and oxygen atoms in total. The first-order chi connectivity index (χ1) is 9.94. The number of ether oxygens (including phenoxy) is 1. The molecule has 1 N–H and O–H groups in total. The molecule has 21 heavy (non-hydrogen) atoms. The van der Waals surface area contributed by atoms with E-state index in [1.165, 1.54) is 6.07 Å². The molecule has 0 spiro atoms. The van der Waals surface area contributed by atoms with Crippen molar-refractivity contribution in [2.24, 2.45) is 0 Å². The predicted molar refractivity (Wildman–Crippen MR) is 86.1 cm³/mol. The molecule has 0 saturated carbocycles. The third-order valence-electron chi connectivity index (χ3n) is 2.62. The zero-order valence-electron chi connectivity index (χ0n) is 11.0. The first-order valence-electron chi connectivity index (χ1n) is 6.19. The molecule has 0 unspecified atom stereocenters. The fraction of sp³-hybridized carbons (Fsp3) is 0.200. The van der Waals surface area contributed by atoms with Crippen molar-refractivity contribution in [3.63, 3.8) is 0 Å². The summed E-state index contributed by atoms with van der Waals surface area (Å²) in [5.41, 5.74) is 1.95. The Morgan fingerprint density at radius 3 is 2.43 bits per heavy atom. The van der Waals surface area contributed by atoms with E-state index in [1.807, 2.05) is 30.3 Å². The van der Waals surface area contributed by atoms with Gasteiger partial charge in [-0.15, -0.1) is 0 Å². The maximum absolute atomic E-state index is 13.8. The summed E-state index contributed by atoms with van der Waals surface area (Å²) in [6.07, 6.45) is 0. The number of halogens is 4. The average Bonchev–Trinajstić information content (AvgIpc) is 2.42. The largest absolute Gasteiger partial charge is 0.372 e. The Balaban J connectivity index is 2.03. The van der Waals surface area contributed by atoms with Gasteiger partial charge in [0.2, 0.25) is 3.79 Å². The third-order valence-corrected chi connectivity index (χ3v) is 2.95. The lowest BCUT2D eigenvalue weighted by molar-refractivity contribution is 0.126. The zero-order chi connectivity index (χ0) is 15.3. The Morgan fingerprint density at radius 2 is 1.76 bits per heavy atom. The molecule has 0 bridgehead atoms. The van der Waals surface area contributed by atoms with Gasteiger partial charge in [-0.05, 0) is 29.8 Å². The molecule has 2 aromatic carbocycles. The lowest BCUT2D eigenvalue weighted by atomic mass is 10.2. The van der Waals surface area contributed by atoms with Crippen LogP contribution in [-0.4, -0.2) is 10.4 Å². The van der Waals surface area contributed by atoms with Crippen molar-refractivity contribution in [2.75, 3.05) is 11.9 Å². The van der Waals surface area contributed by atoms with Gasteiger partial charge in [0.15, 0.2) is 0 Å². The van der Waals surface area contributed by atoms with Gasteiger partial charge >= 0.3 is 0 Å². The van der Waals surface area contributed by atoms with E-state index in [9.17, 15) is 4.39 Å². The van der Waals surface area contributed by atoms with Crippen molar-refractivity contribution >= 4 is 46.2 Å².